The molecule has 0 spiro atoms. The molecule has 0 radical (unpaired) electrons. The highest BCUT2D eigenvalue weighted by atomic mass is 19.1. The fourth-order valence-corrected chi connectivity index (χ4v) is 3.00. The van der Waals surface area contributed by atoms with E-state index in [0.717, 1.165) is 0 Å². The molecule has 5 nitrogen and oxygen atoms in total. The van der Waals surface area contributed by atoms with Gasteiger partial charge < -0.3 is 15.0 Å². The van der Waals surface area contributed by atoms with Gasteiger partial charge in [-0.15, -0.1) is 0 Å². The van der Waals surface area contributed by atoms with Crippen molar-refractivity contribution in [3.8, 4) is 6.07 Å². The van der Waals surface area contributed by atoms with Gasteiger partial charge >= 0.3 is 6.09 Å². The molecule has 24 heavy (non-hydrogen) atoms. The van der Waals surface area contributed by atoms with Gasteiger partial charge in [0.2, 0.25) is 0 Å². The molecule has 0 bridgehead atoms. The van der Waals surface area contributed by atoms with E-state index in [1.807, 2.05) is 38.7 Å². The minimum Gasteiger partial charge on any atom is -0.444 e. The van der Waals surface area contributed by atoms with E-state index in [0.29, 0.717) is 25.1 Å². The van der Waals surface area contributed by atoms with E-state index in [1.165, 1.54) is 6.07 Å². The summed E-state index contributed by atoms with van der Waals surface area (Å²) in [4.78, 5) is 13.9. The molecule has 2 unspecified atom stereocenters. The van der Waals surface area contributed by atoms with Crippen LogP contribution in [0.25, 0.3) is 0 Å². The Kier molecular flexibility index (Phi) is 5.33. The normalized spacial score (nSPS) is 21.1. The molecule has 2 atom stereocenters. The number of carbonyl (C=O) groups excluding carboxylic acids is 1. The molecule has 1 aromatic carbocycles. The van der Waals surface area contributed by atoms with Crippen LogP contribution < -0.4 is 10.2 Å². The van der Waals surface area contributed by atoms with E-state index in [2.05, 4.69) is 5.32 Å². The highest BCUT2D eigenvalue weighted by molar-refractivity contribution is 5.68. The number of halogens is 1. The van der Waals surface area contributed by atoms with Gasteiger partial charge in [0, 0.05) is 18.6 Å². The summed E-state index contributed by atoms with van der Waals surface area (Å²) in [7, 11) is 0. The van der Waals surface area contributed by atoms with E-state index in [-0.39, 0.29) is 17.6 Å². The second-order valence-corrected chi connectivity index (χ2v) is 7.16. The van der Waals surface area contributed by atoms with Crippen LogP contribution in [-0.2, 0) is 4.74 Å². The second kappa shape index (κ2) is 7.08. The minimum atomic E-state index is -0.528. The molecule has 1 aliphatic rings. The first kappa shape index (κ1) is 18.1. The number of rotatable bonds is 2. The molecule has 0 aliphatic carbocycles. The Bertz CT molecular complexity index is 649. The van der Waals surface area contributed by atoms with E-state index in [1.54, 1.807) is 12.1 Å². The third-order valence-corrected chi connectivity index (χ3v) is 4.01. The van der Waals surface area contributed by atoms with Gasteiger partial charge in [-0.2, -0.15) is 5.26 Å². The topological polar surface area (TPSA) is 65.4 Å². The van der Waals surface area contributed by atoms with Gasteiger partial charge in [-0.3, -0.25) is 0 Å². The quantitative estimate of drug-likeness (QED) is 0.898. The monoisotopic (exact) mass is 333 g/mol. The molecule has 1 saturated heterocycles. The summed E-state index contributed by atoms with van der Waals surface area (Å²) in [6.45, 7) is 8.12. The lowest BCUT2D eigenvalue weighted by Gasteiger charge is -2.40. The number of anilines is 1. The number of nitriles is 1. The maximum absolute atomic E-state index is 13.8. The zero-order valence-corrected chi connectivity index (χ0v) is 14.6. The Balaban J connectivity index is 2.03. The van der Waals surface area contributed by atoms with Crippen LogP contribution in [0.4, 0.5) is 14.9 Å². The molecular formula is C18H24FN3O2. The SMILES string of the molecule is CC1CC(NC(=O)OC(C)(C)C)CCN1c1cccc(F)c1C#N. The molecular weight excluding hydrogens is 309 g/mol. The summed E-state index contributed by atoms with van der Waals surface area (Å²) in [5.41, 5.74) is 0.156. The predicted octanol–water partition coefficient (Wildman–Crippen LogP) is 3.58. The van der Waals surface area contributed by atoms with Crippen molar-refractivity contribution in [3.05, 3.63) is 29.6 Å². The first-order chi connectivity index (χ1) is 11.2. The first-order valence-electron chi connectivity index (χ1n) is 8.16. The van der Waals surface area contributed by atoms with E-state index < -0.39 is 17.5 Å². The Morgan fingerprint density at radius 2 is 2.17 bits per heavy atom. The van der Waals surface area contributed by atoms with Crippen molar-refractivity contribution < 1.29 is 13.9 Å². The van der Waals surface area contributed by atoms with Gasteiger partial charge in [0.15, 0.2) is 0 Å². The number of hydrogen-bond donors (Lipinski definition) is 1. The molecule has 130 valence electrons. The Morgan fingerprint density at radius 1 is 1.46 bits per heavy atom. The van der Waals surface area contributed by atoms with Crippen LogP contribution in [0.15, 0.2) is 18.2 Å². The molecule has 1 N–H and O–H groups in total. The van der Waals surface area contributed by atoms with Gasteiger partial charge in [0.25, 0.3) is 0 Å². The molecule has 2 rings (SSSR count). The fourth-order valence-electron chi connectivity index (χ4n) is 3.00. The number of carbonyl (C=O) groups is 1. The zero-order valence-electron chi connectivity index (χ0n) is 14.6. The van der Waals surface area contributed by atoms with Crippen molar-refractivity contribution >= 4 is 11.8 Å². The highest BCUT2D eigenvalue weighted by Crippen LogP contribution is 2.29. The summed E-state index contributed by atoms with van der Waals surface area (Å²) < 4.78 is 19.1. The Morgan fingerprint density at radius 3 is 2.75 bits per heavy atom. The number of hydrogen-bond acceptors (Lipinski definition) is 4. The van der Waals surface area contributed by atoms with Crippen LogP contribution in [0.5, 0.6) is 0 Å². The van der Waals surface area contributed by atoms with E-state index in [9.17, 15) is 14.4 Å². The fraction of sp³-hybridized carbons (Fsp3) is 0.556. The molecule has 0 aromatic heterocycles. The molecule has 6 heteroatoms. The predicted molar refractivity (Wildman–Crippen MR) is 90.3 cm³/mol. The summed E-state index contributed by atoms with van der Waals surface area (Å²) in [5.74, 6) is -0.504. The zero-order chi connectivity index (χ0) is 17.9. The third-order valence-electron chi connectivity index (χ3n) is 4.01. The van der Waals surface area contributed by atoms with Crippen molar-refractivity contribution in [2.75, 3.05) is 11.4 Å². The number of nitrogens with one attached hydrogen (secondary N) is 1. The standard InChI is InChI=1S/C18H24FN3O2/c1-12-10-13(21-17(23)24-18(2,3)4)8-9-22(12)16-7-5-6-15(19)14(16)11-20/h5-7,12-13H,8-10H2,1-4H3,(H,21,23). The van der Waals surface area contributed by atoms with Gasteiger partial charge in [0.05, 0.1) is 5.69 Å². The molecule has 1 aliphatic heterocycles. The number of benzene rings is 1. The second-order valence-electron chi connectivity index (χ2n) is 7.16. The largest absolute Gasteiger partial charge is 0.444 e. The van der Waals surface area contributed by atoms with Crippen molar-refractivity contribution in [1.29, 1.82) is 5.26 Å². The molecule has 1 heterocycles. The van der Waals surface area contributed by atoms with Crippen LogP contribution in [0, 0.1) is 17.1 Å². The van der Waals surface area contributed by atoms with Crippen LogP contribution in [0.2, 0.25) is 0 Å². The number of ether oxygens (including phenoxy) is 1. The molecule has 1 amide bonds. The smallest absolute Gasteiger partial charge is 0.407 e. The number of amides is 1. The molecule has 0 saturated carbocycles. The lowest BCUT2D eigenvalue weighted by molar-refractivity contribution is 0.0494. The van der Waals surface area contributed by atoms with Crippen molar-refractivity contribution in [1.82, 2.24) is 5.32 Å². The summed E-state index contributed by atoms with van der Waals surface area (Å²) in [6, 6.07) is 6.70. The van der Waals surface area contributed by atoms with Crippen LogP contribution >= 0.6 is 0 Å². The van der Waals surface area contributed by atoms with Gasteiger partial charge in [-0.25, -0.2) is 9.18 Å². The first-order valence-corrected chi connectivity index (χ1v) is 8.16. The van der Waals surface area contributed by atoms with Crippen LogP contribution in [0.3, 0.4) is 0 Å². The summed E-state index contributed by atoms with van der Waals surface area (Å²) in [6.07, 6.45) is 1.00. The highest BCUT2D eigenvalue weighted by Gasteiger charge is 2.29. The average Bonchev–Trinajstić information content (AvgIpc) is 2.45. The van der Waals surface area contributed by atoms with Crippen LogP contribution in [-0.4, -0.2) is 30.3 Å². The maximum atomic E-state index is 13.8. The Labute approximate surface area is 142 Å². The molecule has 1 fully saturated rings. The van der Waals surface area contributed by atoms with Crippen molar-refractivity contribution in [2.24, 2.45) is 0 Å². The molecule has 1 aromatic rings. The summed E-state index contributed by atoms with van der Waals surface area (Å²) in [5, 5.41) is 12.1. The van der Waals surface area contributed by atoms with Gasteiger partial charge in [-0.1, -0.05) is 6.07 Å². The minimum absolute atomic E-state index is 0.00481. The number of piperidine rings is 1. The lowest BCUT2D eigenvalue weighted by Crippen LogP contribution is -2.50. The van der Waals surface area contributed by atoms with Crippen molar-refractivity contribution in [3.63, 3.8) is 0 Å². The van der Waals surface area contributed by atoms with Crippen LogP contribution in [0.1, 0.15) is 46.1 Å². The number of alkyl carbamates (subject to hydrolysis) is 1. The third kappa shape index (κ3) is 4.38. The average molecular weight is 333 g/mol. The van der Waals surface area contributed by atoms with Gasteiger partial charge in [0.1, 0.15) is 23.1 Å². The lowest BCUT2D eigenvalue weighted by atomic mass is 9.96. The van der Waals surface area contributed by atoms with Crippen molar-refractivity contribution in [2.45, 2.75) is 58.2 Å². The summed E-state index contributed by atoms with van der Waals surface area (Å²) >= 11 is 0. The Hall–Kier alpha value is -2.29. The maximum Gasteiger partial charge on any atom is 0.407 e. The van der Waals surface area contributed by atoms with E-state index in [4.69, 9.17) is 4.74 Å². The number of nitrogens with zero attached hydrogens (tertiary/aromatic N) is 2. The van der Waals surface area contributed by atoms with E-state index >= 15 is 0 Å². The van der Waals surface area contributed by atoms with Gasteiger partial charge in [-0.05, 0) is 52.7 Å².